The van der Waals surface area contributed by atoms with Crippen molar-refractivity contribution in [2.75, 3.05) is 11.5 Å². The molecule has 1 nitrogen and oxygen atoms in total. The third kappa shape index (κ3) is 2.90. The summed E-state index contributed by atoms with van der Waals surface area (Å²) >= 11 is 14.1. The van der Waals surface area contributed by atoms with E-state index in [-0.39, 0.29) is 0 Å². The predicted octanol–water partition coefficient (Wildman–Crippen LogP) is 4.55. The van der Waals surface area contributed by atoms with E-state index in [1.54, 1.807) is 23.5 Å². The molecule has 0 atom stereocenters. The summed E-state index contributed by atoms with van der Waals surface area (Å²) in [5, 5.41) is 4.15. The first-order valence-corrected chi connectivity index (χ1v) is 7.40. The molecule has 1 aliphatic rings. The molecule has 0 fully saturated rings. The van der Waals surface area contributed by atoms with Crippen LogP contribution in [-0.4, -0.2) is 16.7 Å². The molecule has 0 radical (unpaired) electrons. The lowest BCUT2D eigenvalue weighted by molar-refractivity contribution is 1.49. The highest BCUT2D eigenvalue weighted by atomic mass is 35.5. The molecule has 0 saturated carbocycles. The fourth-order valence-electron chi connectivity index (χ4n) is 1.34. The molecule has 1 aliphatic heterocycles. The standard InChI is InChI=1S/C11H8ClNS3/c12-9-3-1-8(2-4-9)10-11(13-7-14)16-6-5-15-10/h1-4H,5-6H2. The van der Waals surface area contributed by atoms with Crippen LogP contribution in [0.4, 0.5) is 0 Å². The van der Waals surface area contributed by atoms with E-state index < -0.39 is 0 Å². The average Bonchev–Trinajstić information content (AvgIpc) is 2.32. The van der Waals surface area contributed by atoms with Crippen LogP contribution in [0.15, 0.2) is 34.3 Å². The van der Waals surface area contributed by atoms with Crippen molar-refractivity contribution in [2.24, 2.45) is 4.99 Å². The Kier molecular flexibility index (Phi) is 4.50. The lowest BCUT2D eigenvalue weighted by Gasteiger charge is -2.15. The van der Waals surface area contributed by atoms with Crippen LogP contribution in [0.5, 0.6) is 0 Å². The Balaban J connectivity index is 2.42. The maximum Gasteiger partial charge on any atom is 0.121 e. The molecule has 0 aliphatic carbocycles. The van der Waals surface area contributed by atoms with Crippen molar-refractivity contribution in [1.82, 2.24) is 0 Å². The molecule has 82 valence electrons. The molecule has 0 unspecified atom stereocenters. The quantitative estimate of drug-likeness (QED) is 0.584. The van der Waals surface area contributed by atoms with Gasteiger partial charge in [-0.3, -0.25) is 0 Å². The molecule has 0 N–H and O–H groups in total. The Morgan fingerprint density at radius 1 is 1.19 bits per heavy atom. The van der Waals surface area contributed by atoms with Gasteiger partial charge >= 0.3 is 0 Å². The van der Waals surface area contributed by atoms with Crippen molar-refractivity contribution in [3.05, 3.63) is 39.9 Å². The smallest absolute Gasteiger partial charge is 0.121 e. The third-order valence-electron chi connectivity index (χ3n) is 2.02. The van der Waals surface area contributed by atoms with Crippen molar-refractivity contribution in [1.29, 1.82) is 0 Å². The normalized spacial score (nSPS) is 15.8. The first-order chi connectivity index (χ1) is 7.81. The van der Waals surface area contributed by atoms with Crippen molar-refractivity contribution in [2.45, 2.75) is 0 Å². The molecule has 0 amide bonds. The number of hydrogen-bond acceptors (Lipinski definition) is 4. The van der Waals surface area contributed by atoms with Crippen LogP contribution >= 0.6 is 47.3 Å². The second-order valence-electron chi connectivity index (χ2n) is 3.04. The number of aliphatic imine (C=N–C) groups is 1. The van der Waals surface area contributed by atoms with Crippen molar-refractivity contribution in [3.63, 3.8) is 0 Å². The molecule has 1 aromatic carbocycles. The van der Waals surface area contributed by atoms with Crippen LogP contribution in [0.2, 0.25) is 5.02 Å². The molecule has 1 heterocycles. The second kappa shape index (κ2) is 5.89. The van der Waals surface area contributed by atoms with Crippen molar-refractivity contribution < 1.29 is 0 Å². The molecule has 2 rings (SSSR count). The number of nitrogens with zero attached hydrogens (tertiary/aromatic N) is 1. The molecular weight excluding hydrogens is 278 g/mol. The highest BCUT2D eigenvalue weighted by Crippen LogP contribution is 2.41. The zero-order valence-corrected chi connectivity index (χ0v) is 11.5. The monoisotopic (exact) mass is 285 g/mol. The largest absolute Gasteiger partial charge is 0.186 e. The summed E-state index contributed by atoms with van der Waals surface area (Å²) in [7, 11) is 0. The van der Waals surface area contributed by atoms with E-state index >= 15 is 0 Å². The average molecular weight is 286 g/mol. The van der Waals surface area contributed by atoms with Gasteiger partial charge in [0.2, 0.25) is 0 Å². The van der Waals surface area contributed by atoms with Gasteiger partial charge in [-0.15, -0.1) is 23.5 Å². The predicted molar refractivity (Wildman–Crippen MR) is 78.3 cm³/mol. The van der Waals surface area contributed by atoms with Gasteiger partial charge in [-0.2, -0.15) is 4.99 Å². The molecule has 0 saturated heterocycles. The number of halogens is 1. The van der Waals surface area contributed by atoms with Crippen LogP contribution < -0.4 is 0 Å². The van der Waals surface area contributed by atoms with Gasteiger partial charge in [0.25, 0.3) is 0 Å². The fraction of sp³-hybridized carbons (Fsp3) is 0.182. The first-order valence-electron chi connectivity index (χ1n) is 4.65. The van der Waals surface area contributed by atoms with Gasteiger partial charge in [0.1, 0.15) is 5.03 Å². The summed E-state index contributed by atoms with van der Waals surface area (Å²) in [6, 6.07) is 7.80. The minimum Gasteiger partial charge on any atom is -0.186 e. The number of hydrogen-bond donors (Lipinski definition) is 0. The summed E-state index contributed by atoms with van der Waals surface area (Å²) in [4.78, 5) is 5.29. The molecule has 0 aromatic heterocycles. The first kappa shape index (κ1) is 12.2. The number of thioether (sulfide) groups is 2. The topological polar surface area (TPSA) is 12.4 Å². The van der Waals surface area contributed by atoms with Gasteiger partial charge < -0.3 is 0 Å². The summed E-state index contributed by atoms with van der Waals surface area (Å²) in [6.45, 7) is 0. The minimum atomic E-state index is 0.748. The Hall–Kier alpha value is -0.250. The van der Waals surface area contributed by atoms with E-state index in [0.29, 0.717) is 0 Å². The lowest BCUT2D eigenvalue weighted by atomic mass is 10.2. The van der Waals surface area contributed by atoms with Gasteiger partial charge in [-0.25, -0.2) is 0 Å². The molecule has 0 bridgehead atoms. The Morgan fingerprint density at radius 2 is 1.88 bits per heavy atom. The van der Waals surface area contributed by atoms with Crippen molar-refractivity contribution >= 4 is 57.4 Å². The zero-order valence-electron chi connectivity index (χ0n) is 8.27. The van der Waals surface area contributed by atoms with Crippen LogP contribution in [-0.2, 0) is 0 Å². The molecule has 16 heavy (non-hydrogen) atoms. The highest BCUT2D eigenvalue weighted by Gasteiger charge is 2.15. The summed E-state index contributed by atoms with van der Waals surface area (Å²) < 4.78 is 0. The van der Waals surface area contributed by atoms with Crippen LogP contribution in [0, 0.1) is 0 Å². The van der Waals surface area contributed by atoms with Crippen LogP contribution in [0.1, 0.15) is 5.56 Å². The van der Waals surface area contributed by atoms with Crippen molar-refractivity contribution in [3.8, 4) is 0 Å². The van der Waals surface area contributed by atoms with Gasteiger partial charge in [-0.1, -0.05) is 23.7 Å². The second-order valence-corrected chi connectivity index (χ2v) is 5.85. The van der Waals surface area contributed by atoms with Gasteiger partial charge in [-0.05, 0) is 29.9 Å². The summed E-state index contributed by atoms with van der Waals surface area (Å²) in [6.07, 6.45) is 0. The van der Waals surface area contributed by atoms with E-state index in [1.807, 2.05) is 24.3 Å². The lowest BCUT2D eigenvalue weighted by Crippen LogP contribution is -1.95. The number of rotatable bonds is 2. The van der Waals surface area contributed by atoms with E-state index in [2.05, 4.69) is 22.4 Å². The third-order valence-corrected chi connectivity index (χ3v) is 4.85. The zero-order chi connectivity index (χ0) is 11.4. The van der Waals surface area contributed by atoms with Crippen LogP contribution in [0.25, 0.3) is 4.91 Å². The minimum absolute atomic E-state index is 0.748. The van der Waals surface area contributed by atoms with E-state index in [1.165, 1.54) is 4.91 Å². The Morgan fingerprint density at radius 3 is 2.56 bits per heavy atom. The molecular formula is C11H8ClNS3. The SMILES string of the molecule is S=C=NC1=C(c2ccc(Cl)cc2)SCCS1. The van der Waals surface area contributed by atoms with E-state index in [4.69, 9.17) is 11.6 Å². The number of benzene rings is 1. The Labute approximate surface area is 113 Å². The molecule has 1 aromatic rings. The fourth-order valence-corrected chi connectivity index (χ4v) is 3.87. The number of thiocarbonyl (C=S) groups is 1. The summed E-state index contributed by atoms with van der Waals surface area (Å²) in [5.74, 6) is 2.16. The maximum absolute atomic E-state index is 5.87. The highest BCUT2D eigenvalue weighted by molar-refractivity contribution is 8.13. The van der Waals surface area contributed by atoms with E-state index in [0.717, 1.165) is 27.1 Å². The van der Waals surface area contributed by atoms with Gasteiger partial charge in [0.15, 0.2) is 0 Å². The van der Waals surface area contributed by atoms with Gasteiger partial charge in [0.05, 0.1) is 5.16 Å². The molecule has 0 spiro atoms. The van der Waals surface area contributed by atoms with Crippen LogP contribution in [0.3, 0.4) is 0 Å². The van der Waals surface area contributed by atoms with Gasteiger partial charge in [0, 0.05) is 21.4 Å². The maximum atomic E-state index is 5.87. The molecule has 5 heteroatoms. The Bertz CT molecular complexity index is 461. The van der Waals surface area contributed by atoms with E-state index in [9.17, 15) is 0 Å². The number of isothiocyanates is 1. The summed E-state index contributed by atoms with van der Waals surface area (Å²) in [5.41, 5.74) is 1.14.